The molecule has 32 heavy (non-hydrogen) atoms. The second kappa shape index (κ2) is 13.4. The maximum atomic E-state index is 12.8. The van der Waals surface area contributed by atoms with Crippen LogP contribution in [0.1, 0.15) is 24.1 Å². The van der Waals surface area contributed by atoms with Crippen LogP contribution in [0.5, 0.6) is 11.5 Å². The van der Waals surface area contributed by atoms with Crippen molar-refractivity contribution < 1.29 is 18.3 Å². The predicted octanol–water partition coefficient (Wildman–Crippen LogP) is 3.64. The maximum Gasteiger partial charge on any atom is 0.387 e. The minimum absolute atomic E-state index is 0. The van der Waals surface area contributed by atoms with Crippen LogP contribution in [-0.2, 0) is 13.1 Å². The van der Waals surface area contributed by atoms with Gasteiger partial charge in [0.25, 0.3) is 0 Å². The molecule has 0 radical (unpaired) electrons. The summed E-state index contributed by atoms with van der Waals surface area (Å²) in [5, 5.41) is 6.61. The van der Waals surface area contributed by atoms with E-state index in [0.29, 0.717) is 29.9 Å². The number of alkyl halides is 2. The second-order valence-corrected chi connectivity index (χ2v) is 7.29. The van der Waals surface area contributed by atoms with Crippen molar-refractivity contribution >= 4 is 29.9 Å². The monoisotopic (exact) mass is 561 g/mol. The lowest BCUT2D eigenvalue weighted by Crippen LogP contribution is -2.48. The van der Waals surface area contributed by atoms with Gasteiger partial charge in [0.05, 0.1) is 12.8 Å². The van der Waals surface area contributed by atoms with E-state index in [1.807, 2.05) is 24.4 Å². The standard InChI is InChI=1S/C22H29F2N5O2.HI/c1-25-22(27-14-16-6-7-19(30-2)13-20(16)31-21(23)24)28-17-8-11-29(12-9-17)15-18-5-3-4-10-26-18;/h3-7,10,13,17,21H,8-9,11-12,14-15H2,1-2H3,(H2,25,27,28);1H. The number of hydrogen-bond acceptors (Lipinski definition) is 5. The van der Waals surface area contributed by atoms with Crippen LogP contribution in [0.15, 0.2) is 47.6 Å². The highest BCUT2D eigenvalue weighted by Gasteiger charge is 2.20. The molecule has 3 rings (SSSR count). The van der Waals surface area contributed by atoms with E-state index in [0.717, 1.165) is 38.2 Å². The summed E-state index contributed by atoms with van der Waals surface area (Å²) in [4.78, 5) is 11.0. The number of halogens is 3. The van der Waals surface area contributed by atoms with Crippen LogP contribution in [0, 0.1) is 0 Å². The number of nitrogens with one attached hydrogen (secondary N) is 2. The number of nitrogens with zero attached hydrogens (tertiary/aromatic N) is 3. The van der Waals surface area contributed by atoms with Gasteiger partial charge in [0.1, 0.15) is 11.5 Å². The second-order valence-electron chi connectivity index (χ2n) is 7.29. The molecule has 1 saturated heterocycles. The summed E-state index contributed by atoms with van der Waals surface area (Å²) in [6, 6.07) is 11.1. The van der Waals surface area contributed by atoms with E-state index < -0.39 is 6.61 Å². The fourth-order valence-corrected chi connectivity index (χ4v) is 3.54. The molecule has 2 N–H and O–H groups in total. The van der Waals surface area contributed by atoms with Crippen LogP contribution in [0.25, 0.3) is 0 Å². The molecule has 1 aliphatic heterocycles. The summed E-state index contributed by atoms with van der Waals surface area (Å²) >= 11 is 0. The molecule has 0 bridgehead atoms. The topological polar surface area (TPSA) is 71.0 Å². The van der Waals surface area contributed by atoms with Gasteiger partial charge in [0, 0.05) is 57.1 Å². The first-order valence-electron chi connectivity index (χ1n) is 10.3. The van der Waals surface area contributed by atoms with Gasteiger partial charge in [-0.15, -0.1) is 24.0 Å². The minimum Gasteiger partial charge on any atom is -0.497 e. The lowest BCUT2D eigenvalue weighted by molar-refractivity contribution is -0.0505. The zero-order chi connectivity index (χ0) is 22.1. The quantitative estimate of drug-likeness (QED) is 0.292. The maximum absolute atomic E-state index is 12.8. The summed E-state index contributed by atoms with van der Waals surface area (Å²) in [6.45, 7) is 0.181. The summed E-state index contributed by atoms with van der Waals surface area (Å²) in [5.74, 6) is 1.17. The predicted molar refractivity (Wildman–Crippen MR) is 131 cm³/mol. The number of benzene rings is 1. The van der Waals surface area contributed by atoms with E-state index in [1.165, 1.54) is 13.2 Å². The van der Waals surface area contributed by atoms with Crippen LogP contribution in [0.3, 0.4) is 0 Å². The fourth-order valence-electron chi connectivity index (χ4n) is 3.54. The van der Waals surface area contributed by atoms with Gasteiger partial charge in [-0.05, 0) is 37.1 Å². The Labute approximate surface area is 204 Å². The lowest BCUT2D eigenvalue weighted by Gasteiger charge is -2.32. The Morgan fingerprint density at radius 3 is 2.66 bits per heavy atom. The molecule has 1 aromatic heterocycles. The summed E-state index contributed by atoms with van der Waals surface area (Å²) < 4.78 is 35.2. The Morgan fingerprint density at radius 2 is 2.03 bits per heavy atom. The first-order valence-corrected chi connectivity index (χ1v) is 10.3. The van der Waals surface area contributed by atoms with E-state index in [1.54, 1.807) is 19.2 Å². The van der Waals surface area contributed by atoms with Crippen LogP contribution >= 0.6 is 24.0 Å². The van der Waals surface area contributed by atoms with Gasteiger partial charge >= 0.3 is 6.61 Å². The Balaban J connectivity index is 0.00000363. The van der Waals surface area contributed by atoms with E-state index in [-0.39, 0.29) is 29.7 Å². The first-order chi connectivity index (χ1) is 15.1. The average molecular weight is 561 g/mol. The van der Waals surface area contributed by atoms with Crippen molar-refractivity contribution in [3.63, 3.8) is 0 Å². The van der Waals surface area contributed by atoms with Gasteiger partial charge in [-0.1, -0.05) is 6.07 Å². The van der Waals surface area contributed by atoms with E-state index >= 15 is 0 Å². The Bertz CT molecular complexity index is 849. The molecule has 0 unspecified atom stereocenters. The summed E-state index contributed by atoms with van der Waals surface area (Å²) in [6.07, 6.45) is 3.78. The minimum atomic E-state index is -2.90. The van der Waals surface area contributed by atoms with Crippen LogP contribution < -0.4 is 20.1 Å². The highest BCUT2D eigenvalue weighted by molar-refractivity contribution is 14.0. The number of piperidine rings is 1. The number of rotatable bonds is 8. The van der Waals surface area contributed by atoms with Crippen LogP contribution in [0.2, 0.25) is 0 Å². The smallest absolute Gasteiger partial charge is 0.387 e. The molecule has 1 aliphatic rings. The van der Waals surface area contributed by atoms with Crippen molar-refractivity contribution in [2.45, 2.75) is 38.6 Å². The third-order valence-corrected chi connectivity index (χ3v) is 5.20. The molecular formula is C22H30F2IN5O2. The number of pyridine rings is 1. The van der Waals surface area contributed by atoms with Gasteiger partial charge in [0.15, 0.2) is 5.96 Å². The number of aliphatic imine (C=N–C) groups is 1. The van der Waals surface area contributed by atoms with Crippen LogP contribution in [-0.4, -0.2) is 55.7 Å². The largest absolute Gasteiger partial charge is 0.497 e. The Kier molecular flexibility index (Phi) is 10.9. The molecule has 0 spiro atoms. The van der Waals surface area contributed by atoms with E-state index in [2.05, 4.69) is 30.2 Å². The third-order valence-electron chi connectivity index (χ3n) is 5.20. The third kappa shape index (κ3) is 8.05. The van der Waals surface area contributed by atoms with Crippen molar-refractivity contribution in [3.05, 3.63) is 53.9 Å². The van der Waals surface area contributed by atoms with E-state index in [4.69, 9.17) is 4.74 Å². The van der Waals surface area contributed by atoms with Crippen LogP contribution in [0.4, 0.5) is 8.78 Å². The normalized spacial score (nSPS) is 15.2. The van der Waals surface area contributed by atoms with Crippen molar-refractivity contribution in [2.24, 2.45) is 4.99 Å². The number of likely N-dealkylation sites (tertiary alicyclic amines) is 1. The fraction of sp³-hybridized carbons (Fsp3) is 0.455. The van der Waals surface area contributed by atoms with Gasteiger partial charge in [-0.2, -0.15) is 8.78 Å². The molecule has 0 amide bonds. The number of hydrogen-bond donors (Lipinski definition) is 2. The molecule has 1 fully saturated rings. The number of guanidine groups is 1. The highest BCUT2D eigenvalue weighted by atomic mass is 127. The Hall–Kier alpha value is -2.21. The van der Waals surface area contributed by atoms with E-state index in [9.17, 15) is 8.78 Å². The molecule has 0 saturated carbocycles. The Morgan fingerprint density at radius 1 is 1.25 bits per heavy atom. The zero-order valence-electron chi connectivity index (χ0n) is 18.3. The molecular weight excluding hydrogens is 531 g/mol. The zero-order valence-corrected chi connectivity index (χ0v) is 20.6. The molecule has 0 atom stereocenters. The highest BCUT2D eigenvalue weighted by Crippen LogP contribution is 2.26. The molecule has 1 aromatic carbocycles. The molecule has 7 nitrogen and oxygen atoms in total. The van der Waals surface area contributed by atoms with Crippen molar-refractivity contribution in [1.82, 2.24) is 20.5 Å². The van der Waals surface area contributed by atoms with Crippen molar-refractivity contribution in [1.29, 1.82) is 0 Å². The van der Waals surface area contributed by atoms with Gasteiger partial charge in [0.2, 0.25) is 0 Å². The molecule has 176 valence electrons. The SMILES string of the molecule is CN=C(NCc1ccc(OC)cc1OC(F)F)NC1CCN(Cc2ccccn2)CC1.I. The van der Waals surface area contributed by atoms with Gasteiger partial charge < -0.3 is 20.1 Å². The molecule has 10 heteroatoms. The number of methoxy groups -OCH3 is 1. The average Bonchev–Trinajstić information content (AvgIpc) is 2.78. The van der Waals surface area contributed by atoms with Crippen molar-refractivity contribution in [3.8, 4) is 11.5 Å². The molecule has 2 heterocycles. The number of aromatic nitrogens is 1. The lowest BCUT2D eigenvalue weighted by atomic mass is 10.0. The summed E-state index contributed by atoms with van der Waals surface area (Å²) in [7, 11) is 3.17. The van der Waals surface area contributed by atoms with Gasteiger partial charge in [-0.25, -0.2) is 0 Å². The van der Waals surface area contributed by atoms with Gasteiger partial charge in [-0.3, -0.25) is 14.9 Å². The summed E-state index contributed by atoms with van der Waals surface area (Å²) in [5.41, 5.74) is 1.67. The molecule has 2 aromatic rings. The van der Waals surface area contributed by atoms with Crippen molar-refractivity contribution in [2.75, 3.05) is 27.2 Å². The first kappa shape index (κ1) is 26.0. The number of ether oxygens (including phenoxy) is 2. The molecule has 0 aliphatic carbocycles.